The molecule has 1 N–H and O–H groups in total. The molecule has 0 bridgehead atoms. The number of thiazole rings is 1. The highest BCUT2D eigenvalue weighted by Crippen LogP contribution is 2.30. The van der Waals surface area contributed by atoms with Crippen LogP contribution >= 0.6 is 11.3 Å². The van der Waals surface area contributed by atoms with Crippen molar-refractivity contribution in [2.24, 2.45) is 0 Å². The fraction of sp³-hybridized carbons (Fsp3) is 0.267. The number of benzene rings is 1. The van der Waals surface area contributed by atoms with Gasteiger partial charge in [-0.05, 0) is 42.0 Å². The van der Waals surface area contributed by atoms with Gasteiger partial charge in [0.05, 0.1) is 18.0 Å². The molecule has 0 unspecified atom stereocenters. The van der Waals surface area contributed by atoms with Gasteiger partial charge in [-0.15, -0.1) is 11.3 Å². The molecule has 2 aromatic heterocycles. The summed E-state index contributed by atoms with van der Waals surface area (Å²) in [5.41, 5.74) is 6.13. The predicted octanol–water partition coefficient (Wildman–Crippen LogP) is 3.04. The number of aliphatic hydroxyl groups is 1. The van der Waals surface area contributed by atoms with Crippen molar-refractivity contribution in [2.75, 3.05) is 0 Å². The van der Waals surface area contributed by atoms with E-state index in [4.69, 9.17) is 0 Å². The second kappa shape index (κ2) is 4.18. The van der Waals surface area contributed by atoms with Crippen molar-refractivity contribution in [3.63, 3.8) is 0 Å². The number of aliphatic hydroxyl groups excluding tert-OH is 1. The first kappa shape index (κ1) is 11.2. The molecular weight excluding hydrogens is 256 g/mol. The molecule has 2 heterocycles. The summed E-state index contributed by atoms with van der Waals surface area (Å²) in [6.07, 6.45) is 5.61. The minimum atomic E-state index is -0.00196. The SMILES string of the molecule is OCc1cn2c(-c3ccc4c(c3)CCC4)csc2n1. The first-order valence-corrected chi connectivity index (χ1v) is 7.41. The third-order valence-corrected chi connectivity index (χ3v) is 4.66. The number of rotatable bonds is 2. The molecule has 4 heteroatoms. The van der Waals surface area contributed by atoms with Gasteiger partial charge in [-0.1, -0.05) is 12.1 Å². The zero-order valence-electron chi connectivity index (χ0n) is 10.5. The van der Waals surface area contributed by atoms with Gasteiger partial charge >= 0.3 is 0 Å². The lowest BCUT2D eigenvalue weighted by atomic mass is 10.0. The zero-order chi connectivity index (χ0) is 12.8. The van der Waals surface area contributed by atoms with Crippen LogP contribution in [-0.2, 0) is 19.4 Å². The van der Waals surface area contributed by atoms with E-state index in [1.54, 1.807) is 11.3 Å². The summed E-state index contributed by atoms with van der Waals surface area (Å²) in [5, 5.41) is 11.3. The molecule has 1 aliphatic rings. The smallest absolute Gasteiger partial charge is 0.194 e. The molecule has 4 rings (SSSR count). The third-order valence-electron chi connectivity index (χ3n) is 3.82. The standard InChI is InChI=1S/C15H14N2OS/c18-8-13-7-17-14(9-19-15(17)16-13)12-5-4-10-2-1-3-11(10)6-12/h4-7,9,18H,1-3,8H2. The Bertz CT molecular complexity index is 757. The Morgan fingerprint density at radius 3 is 3.05 bits per heavy atom. The molecule has 0 aliphatic heterocycles. The highest BCUT2D eigenvalue weighted by molar-refractivity contribution is 7.15. The topological polar surface area (TPSA) is 37.5 Å². The first-order valence-electron chi connectivity index (χ1n) is 6.53. The van der Waals surface area contributed by atoms with E-state index in [0.29, 0.717) is 0 Å². The molecule has 0 saturated heterocycles. The number of hydrogen-bond donors (Lipinski definition) is 1. The average Bonchev–Trinajstić information content (AvgIpc) is 3.12. The largest absolute Gasteiger partial charge is 0.390 e. The summed E-state index contributed by atoms with van der Waals surface area (Å²) < 4.78 is 2.08. The number of aromatic nitrogens is 2. The Morgan fingerprint density at radius 1 is 1.26 bits per heavy atom. The Kier molecular flexibility index (Phi) is 2.47. The Hall–Kier alpha value is -1.65. The summed E-state index contributed by atoms with van der Waals surface area (Å²) in [5.74, 6) is 0. The van der Waals surface area contributed by atoms with Gasteiger partial charge in [0.2, 0.25) is 0 Å². The Balaban J connectivity index is 1.87. The summed E-state index contributed by atoms with van der Waals surface area (Å²) in [4.78, 5) is 5.33. The lowest BCUT2D eigenvalue weighted by Gasteiger charge is -2.04. The summed E-state index contributed by atoms with van der Waals surface area (Å²) >= 11 is 1.62. The van der Waals surface area contributed by atoms with Crippen LogP contribution in [0.1, 0.15) is 23.2 Å². The summed E-state index contributed by atoms with van der Waals surface area (Å²) in [7, 11) is 0. The van der Waals surface area contributed by atoms with Crippen molar-refractivity contribution < 1.29 is 5.11 Å². The van der Waals surface area contributed by atoms with Crippen LogP contribution in [0, 0.1) is 0 Å². The molecule has 0 spiro atoms. The van der Waals surface area contributed by atoms with Crippen LogP contribution in [0.4, 0.5) is 0 Å². The van der Waals surface area contributed by atoms with E-state index >= 15 is 0 Å². The van der Waals surface area contributed by atoms with Crippen LogP contribution in [-0.4, -0.2) is 14.5 Å². The number of aryl methyl sites for hydroxylation is 2. The molecule has 0 fully saturated rings. The number of fused-ring (bicyclic) bond motifs is 2. The van der Waals surface area contributed by atoms with Crippen LogP contribution in [0.2, 0.25) is 0 Å². The van der Waals surface area contributed by atoms with Crippen LogP contribution in [0.25, 0.3) is 16.2 Å². The van der Waals surface area contributed by atoms with E-state index in [1.807, 2.05) is 6.20 Å². The summed E-state index contributed by atoms with van der Waals surface area (Å²) in [6.45, 7) is -0.00196. The van der Waals surface area contributed by atoms with E-state index in [-0.39, 0.29) is 6.61 Å². The van der Waals surface area contributed by atoms with Crippen molar-refractivity contribution in [1.82, 2.24) is 9.38 Å². The van der Waals surface area contributed by atoms with Crippen molar-refractivity contribution in [2.45, 2.75) is 25.9 Å². The van der Waals surface area contributed by atoms with Gasteiger partial charge in [0, 0.05) is 11.6 Å². The fourth-order valence-corrected chi connectivity index (χ4v) is 3.75. The molecule has 0 radical (unpaired) electrons. The van der Waals surface area contributed by atoms with Gasteiger partial charge in [-0.25, -0.2) is 4.98 Å². The highest BCUT2D eigenvalue weighted by Gasteiger charge is 2.14. The molecule has 1 aromatic carbocycles. The molecule has 3 aromatic rings. The molecule has 3 nitrogen and oxygen atoms in total. The van der Waals surface area contributed by atoms with E-state index in [0.717, 1.165) is 10.7 Å². The monoisotopic (exact) mass is 270 g/mol. The molecule has 19 heavy (non-hydrogen) atoms. The predicted molar refractivity (Wildman–Crippen MR) is 76.5 cm³/mol. The third kappa shape index (κ3) is 1.71. The van der Waals surface area contributed by atoms with E-state index in [2.05, 4.69) is 33.0 Å². The van der Waals surface area contributed by atoms with Crippen molar-refractivity contribution in [1.29, 1.82) is 0 Å². The van der Waals surface area contributed by atoms with E-state index in [1.165, 1.54) is 41.6 Å². The quantitative estimate of drug-likeness (QED) is 0.777. The molecular formula is C15H14N2OS. The first-order chi connectivity index (χ1) is 9.35. The molecule has 0 atom stereocenters. The summed E-state index contributed by atoms with van der Waals surface area (Å²) in [6, 6.07) is 6.76. The van der Waals surface area contributed by atoms with Gasteiger partial charge in [0.25, 0.3) is 0 Å². The lowest BCUT2D eigenvalue weighted by molar-refractivity contribution is 0.277. The van der Waals surface area contributed by atoms with Crippen molar-refractivity contribution in [3.05, 3.63) is 46.6 Å². The highest BCUT2D eigenvalue weighted by atomic mass is 32.1. The van der Waals surface area contributed by atoms with Crippen molar-refractivity contribution >= 4 is 16.3 Å². The second-order valence-corrected chi connectivity index (χ2v) is 5.84. The normalized spacial score (nSPS) is 14.2. The zero-order valence-corrected chi connectivity index (χ0v) is 11.3. The average molecular weight is 270 g/mol. The van der Waals surface area contributed by atoms with Gasteiger partial charge in [0.15, 0.2) is 4.96 Å². The minimum absolute atomic E-state index is 0.00196. The molecule has 0 saturated carbocycles. The second-order valence-electron chi connectivity index (χ2n) is 5.00. The molecule has 0 amide bonds. The lowest BCUT2D eigenvalue weighted by Crippen LogP contribution is -1.88. The number of imidazole rings is 1. The maximum Gasteiger partial charge on any atom is 0.194 e. The van der Waals surface area contributed by atoms with Gasteiger partial charge in [-0.2, -0.15) is 0 Å². The minimum Gasteiger partial charge on any atom is -0.390 e. The van der Waals surface area contributed by atoms with E-state index in [9.17, 15) is 5.11 Å². The maximum absolute atomic E-state index is 9.17. The Morgan fingerprint density at radius 2 is 2.16 bits per heavy atom. The van der Waals surface area contributed by atoms with Crippen LogP contribution in [0.3, 0.4) is 0 Å². The van der Waals surface area contributed by atoms with E-state index < -0.39 is 0 Å². The van der Waals surface area contributed by atoms with Gasteiger partial charge < -0.3 is 5.11 Å². The van der Waals surface area contributed by atoms with Crippen LogP contribution < -0.4 is 0 Å². The maximum atomic E-state index is 9.17. The molecule has 1 aliphatic carbocycles. The Labute approximate surface area is 115 Å². The fourth-order valence-electron chi connectivity index (χ4n) is 2.85. The van der Waals surface area contributed by atoms with Crippen LogP contribution in [0.5, 0.6) is 0 Å². The van der Waals surface area contributed by atoms with Gasteiger partial charge in [0.1, 0.15) is 0 Å². The van der Waals surface area contributed by atoms with Crippen molar-refractivity contribution in [3.8, 4) is 11.3 Å². The van der Waals surface area contributed by atoms with Crippen LogP contribution in [0.15, 0.2) is 29.8 Å². The number of hydrogen-bond acceptors (Lipinski definition) is 3. The van der Waals surface area contributed by atoms with Gasteiger partial charge in [-0.3, -0.25) is 4.40 Å². The number of nitrogens with zero attached hydrogens (tertiary/aromatic N) is 2. The molecule has 96 valence electrons.